The van der Waals surface area contributed by atoms with Gasteiger partial charge in [0.25, 0.3) is 11.8 Å². The van der Waals surface area contributed by atoms with Gasteiger partial charge in [0.15, 0.2) is 10.8 Å². The predicted octanol–water partition coefficient (Wildman–Crippen LogP) is 2.10. The second-order valence-corrected chi connectivity index (χ2v) is 13.1. The van der Waals surface area contributed by atoms with Crippen molar-refractivity contribution in [2.75, 3.05) is 24.3 Å². The number of hydrogen-bond donors (Lipinski definition) is 3. The number of carboxylic acid groups (broad SMARTS) is 1. The van der Waals surface area contributed by atoms with Crippen molar-refractivity contribution in [1.29, 1.82) is 0 Å². The molecule has 13 nitrogen and oxygen atoms in total. The zero-order valence-electron chi connectivity index (χ0n) is 22.3. The fourth-order valence-electron chi connectivity index (χ4n) is 4.36. The van der Waals surface area contributed by atoms with Crippen LogP contribution >= 0.6 is 46.2 Å². The lowest BCUT2D eigenvalue weighted by molar-refractivity contribution is -0.150. The lowest BCUT2D eigenvalue weighted by Crippen LogP contribution is -2.71. The van der Waals surface area contributed by atoms with E-state index in [2.05, 4.69) is 20.4 Å². The summed E-state index contributed by atoms with van der Waals surface area (Å²) in [5.74, 6) is -0.713. The highest BCUT2D eigenvalue weighted by atomic mass is 32.2. The summed E-state index contributed by atoms with van der Waals surface area (Å²) in [5.41, 5.74) is 8.68. The third-order valence-corrected chi connectivity index (χ3v) is 10.5. The summed E-state index contributed by atoms with van der Waals surface area (Å²) in [6, 6.07) is -0.913. The average molecular weight is 648 g/mol. The Kier molecular flexibility index (Phi) is 9.00. The largest absolute Gasteiger partial charge is 0.477 e. The summed E-state index contributed by atoms with van der Waals surface area (Å²) in [7, 11) is 1.28. The number of fused-ring (bicyclic) bond motifs is 2. The number of anilines is 1. The Morgan fingerprint density at radius 1 is 1.26 bits per heavy atom. The molecule has 2 aromatic heterocycles. The van der Waals surface area contributed by atoms with E-state index in [9.17, 15) is 24.3 Å². The second-order valence-electron chi connectivity index (χ2n) is 9.05. The van der Waals surface area contributed by atoms with E-state index in [0.29, 0.717) is 16.7 Å². The molecular formula is C25H25N7O6S4. The van der Waals surface area contributed by atoms with E-state index in [-0.39, 0.29) is 28.1 Å². The van der Waals surface area contributed by atoms with Crippen LogP contribution in [0, 0.1) is 6.92 Å². The minimum absolute atomic E-state index is 0.0919. The first-order valence-corrected chi connectivity index (χ1v) is 16.3. The molecule has 2 aromatic rings. The van der Waals surface area contributed by atoms with Crippen LogP contribution in [0.15, 0.2) is 45.7 Å². The number of nitrogen functional groups attached to an aromatic ring is 1. The highest BCUT2D eigenvalue weighted by Gasteiger charge is 2.54. The van der Waals surface area contributed by atoms with Crippen molar-refractivity contribution in [2.45, 2.75) is 30.1 Å². The number of aromatic nitrogens is 2. The van der Waals surface area contributed by atoms with Crippen molar-refractivity contribution in [3.8, 4) is 0 Å². The molecule has 220 valence electrons. The van der Waals surface area contributed by atoms with Crippen LogP contribution in [0.25, 0.3) is 6.08 Å². The predicted molar refractivity (Wildman–Crippen MR) is 162 cm³/mol. The molecule has 4 aliphatic rings. The minimum Gasteiger partial charge on any atom is -0.477 e. The molecule has 3 amide bonds. The molecule has 0 bridgehead atoms. The number of rotatable bonds is 7. The maximum absolute atomic E-state index is 12.9. The number of carbonyl (C=O) groups excluding carboxylic acids is 3. The van der Waals surface area contributed by atoms with Gasteiger partial charge < -0.3 is 25.9 Å². The first-order chi connectivity index (χ1) is 20.2. The molecule has 0 spiro atoms. The molecule has 42 heavy (non-hydrogen) atoms. The Hall–Kier alpha value is -3.67. The number of thiazole rings is 2. The maximum Gasteiger partial charge on any atom is 0.352 e. The number of nitrogens with zero attached hydrogens (tertiary/aromatic N) is 5. The number of amides is 3. The summed E-state index contributed by atoms with van der Waals surface area (Å²) >= 11 is 5.77. The van der Waals surface area contributed by atoms with Gasteiger partial charge in [-0.25, -0.2) is 14.8 Å². The number of β-lactam (4-membered cyclic amide) rings is 2. The minimum atomic E-state index is -1.21. The van der Waals surface area contributed by atoms with Crippen molar-refractivity contribution in [2.24, 2.45) is 5.16 Å². The summed E-state index contributed by atoms with van der Waals surface area (Å²) < 4.78 is 0. The SMILES string of the molecule is CO/N=C(\C(=O)N[C@@H]1C(=O)N2C(C(=O)O)=C(/C=C\c3scnc3C)CS[C@H]12)c1csc(N)n1.O=C1C[C@H]2SCC=CN12. The smallest absolute Gasteiger partial charge is 0.352 e. The lowest BCUT2D eigenvalue weighted by atomic mass is 10.0. The van der Waals surface area contributed by atoms with Crippen LogP contribution in [0.2, 0.25) is 0 Å². The molecule has 0 aromatic carbocycles. The average Bonchev–Trinajstić information content (AvgIpc) is 3.59. The van der Waals surface area contributed by atoms with Gasteiger partial charge in [-0.3, -0.25) is 19.3 Å². The highest BCUT2D eigenvalue weighted by Crippen LogP contribution is 2.41. The Morgan fingerprint density at radius 2 is 2.07 bits per heavy atom. The standard InChI is InChI=1S/C19H18N6O5S3.C6H7NOS/c1-8-11(33-7-21-8)4-3-9-5-31-17-13(16(27)25(17)14(9)18(28)29)23-15(26)12(24-30-2)10-6-32-19(20)22-10;8-5-4-6-7(5)2-1-3-9-6/h3-4,6-7,13,17H,5H2,1-2H3,(H2,20,22)(H,23,26)(H,28,29);1-2,6H,3-4H2/b4-3-,24-12-;/t13-,17-;6-/m11/s1. The number of carboxylic acids is 1. The summed E-state index contributed by atoms with van der Waals surface area (Å²) in [5, 5.41) is 17.8. The number of carbonyl (C=O) groups is 4. The molecule has 4 aliphatic heterocycles. The first-order valence-electron chi connectivity index (χ1n) is 12.4. The van der Waals surface area contributed by atoms with Gasteiger partial charge in [-0.05, 0) is 18.6 Å². The third kappa shape index (κ3) is 5.95. The highest BCUT2D eigenvalue weighted by molar-refractivity contribution is 8.00. The normalized spacial score (nSPS) is 23.0. The van der Waals surface area contributed by atoms with Crippen molar-refractivity contribution >= 4 is 86.8 Å². The molecule has 2 fully saturated rings. The van der Waals surface area contributed by atoms with Crippen LogP contribution in [-0.4, -0.2) is 89.7 Å². The van der Waals surface area contributed by atoms with Gasteiger partial charge in [0.1, 0.15) is 29.9 Å². The van der Waals surface area contributed by atoms with Crippen molar-refractivity contribution in [3.05, 3.63) is 56.8 Å². The monoisotopic (exact) mass is 647 g/mol. The number of aliphatic carboxylic acids is 1. The van der Waals surface area contributed by atoms with Crippen LogP contribution in [0.3, 0.4) is 0 Å². The van der Waals surface area contributed by atoms with Crippen LogP contribution in [0.1, 0.15) is 22.7 Å². The number of aryl methyl sites for hydroxylation is 1. The van der Waals surface area contributed by atoms with Gasteiger partial charge in [0.05, 0.1) is 23.0 Å². The third-order valence-electron chi connectivity index (χ3n) is 6.47. The summed E-state index contributed by atoms with van der Waals surface area (Å²) in [6.07, 6.45) is 8.16. The molecule has 17 heteroatoms. The van der Waals surface area contributed by atoms with E-state index in [4.69, 9.17) is 10.6 Å². The van der Waals surface area contributed by atoms with Crippen LogP contribution in [-0.2, 0) is 24.0 Å². The summed E-state index contributed by atoms with van der Waals surface area (Å²) in [6.45, 7) is 1.86. The first kappa shape index (κ1) is 29.8. The molecule has 0 radical (unpaired) electrons. The molecule has 0 aliphatic carbocycles. The Morgan fingerprint density at radius 3 is 2.67 bits per heavy atom. The van der Waals surface area contributed by atoms with Crippen LogP contribution in [0.5, 0.6) is 0 Å². The lowest BCUT2D eigenvalue weighted by Gasteiger charge is -2.49. The Labute approximate surface area is 256 Å². The Bertz CT molecular complexity index is 1550. The van der Waals surface area contributed by atoms with Gasteiger partial charge in [0, 0.05) is 28.0 Å². The van der Waals surface area contributed by atoms with Crippen LogP contribution in [0.4, 0.5) is 5.13 Å². The summed E-state index contributed by atoms with van der Waals surface area (Å²) in [4.78, 5) is 65.2. The molecule has 2 saturated heterocycles. The van der Waals surface area contributed by atoms with Gasteiger partial charge in [-0.2, -0.15) is 0 Å². The van der Waals surface area contributed by atoms with Crippen molar-refractivity contribution in [1.82, 2.24) is 25.1 Å². The van der Waals surface area contributed by atoms with Gasteiger partial charge in [-0.1, -0.05) is 17.3 Å². The van der Waals surface area contributed by atoms with Crippen molar-refractivity contribution in [3.63, 3.8) is 0 Å². The van der Waals surface area contributed by atoms with E-state index < -0.39 is 29.2 Å². The number of allylic oxidation sites excluding steroid dienone is 1. The molecular weight excluding hydrogens is 623 g/mol. The topological polar surface area (TPSA) is 180 Å². The van der Waals surface area contributed by atoms with Gasteiger partial charge in [-0.15, -0.1) is 46.2 Å². The van der Waals surface area contributed by atoms with Gasteiger partial charge >= 0.3 is 5.97 Å². The molecule has 6 rings (SSSR count). The number of oxime groups is 1. The van der Waals surface area contributed by atoms with Crippen LogP contribution < -0.4 is 11.1 Å². The van der Waals surface area contributed by atoms with Gasteiger partial charge in [0.2, 0.25) is 5.91 Å². The van der Waals surface area contributed by atoms with E-state index >= 15 is 0 Å². The maximum atomic E-state index is 12.9. The zero-order valence-corrected chi connectivity index (χ0v) is 25.5. The molecule has 3 atom stereocenters. The van der Waals surface area contributed by atoms with E-state index in [0.717, 1.165) is 34.1 Å². The fraction of sp³-hybridized carbons (Fsp3) is 0.320. The zero-order chi connectivity index (χ0) is 30.0. The van der Waals surface area contributed by atoms with E-state index in [1.807, 2.05) is 31.0 Å². The van der Waals surface area contributed by atoms with E-state index in [1.54, 1.807) is 27.9 Å². The second kappa shape index (κ2) is 12.7. The number of nitrogens with one attached hydrogen (secondary N) is 1. The fourth-order valence-corrected chi connectivity index (χ4v) is 7.95. The molecule has 6 heterocycles. The molecule has 0 saturated carbocycles. The molecule has 0 unspecified atom stereocenters. The van der Waals surface area contributed by atoms with E-state index in [1.165, 1.54) is 35.1 Å². The van der Waals surface area contributed by atoms with Crippen molar-refractivity contribution < 1.29 is 29.1 Å². The number of hydrogen-bond acceptors (Lipinski definition) is 13. The number of thioether (sulfide) groups is 2. The Balaban J connectivity index is 0.000000330. The number of nitrogens with two attached hydrogens (primary N) is 1. The quantitative estimate of drug-likeness (QED) is 0.228. The molecule has 4 N–H and O–H groups in total.